The van der Waals surface area contributed by atoms with E-state index in [-0.39, 0.29) is 11.9 Å². The van der Waals surface area contributed by atoms with Crippen LogP contribution in [0.1, 0.15) is 22.6 Å². The Kier molecular flexibility index (Phi) is 5.17. The molecule has 2 heterocycles. The van der Waals surface area contributed by atoms with E-state index < -0.39 is 0 Å². The number of likely N-dealkylation sites (tertiary alicyclic amines) is 1. The molecule has 0 unspecified atom stereocenters. The molecule has 3 aromatic rings. The van der Waals surface area contributed by atoms with Gasteiger partial charge in [-0.25, -0.2) is 0 Å². The molecule has 8 heteroatoms. The molecule has 1 amide bonds. The van der Waals surface area contributed by atoms with Crippen LogP contribution in [-0.2, 0) is 5.75 Å². The third-order valence-corrected chi connectivity index (χ3v) is 5.59. The maximum Gasteiger partial charge on any atom is 0.255 e. The van der Waals surface area contributed by atoms with E-state index in [1.54, 1.807) is 16.4 Å². The van der Waals surface area contributed by atoms with Gasteiger partial charge < -0.3 is 10.6 Å². The lowest BCUT2D eigenvalue weighted by Crippen LogP contribution is -2.32. The summed E-state index contributed by atoms with van der Waals surface area (Å²) in [6.07, 6.45) is 0.854. The molecule has 1 aliphatic heterocycles. The Morgan fingerprint density at radius 2 is 1.93 bits per heavy atom. The van der Waals surface area contributed by atoms with Crippen LogP contribution >= 0.6 is 11.8 Å². The van der Waals surface area contributed by atoms with E-state index in [1.165, 1.54) is 0 Å². The minimum absolute atomic E-state index is 0.0358. The second-order valence-corrected chi connectivity index (χ2v) is 7.44. The van der Waals surface area contributed by atoms with Crippen LogP contribution in [0.25, 0.3) is 5.69 Å². The Morgan fingerprint density at radius 3 is 2.70 bits per heavy atom. The van der Waals surface area contributed by atoms with Gasteiger partial charge in [0.1, 0.15) is 0 Å². The van der Waals surface area contributed by atoms with E-state index in [9.17, 15) is 4.79 Å². The van der Waals surface area contributed by atoms with Crippen LogP contribution in [0, 0.1) is 0 Å². The molecule has 27 heavy (non-hydrogen) atoms. The summed E-state index contributed by atoms with van der Waals surface area (Å²) >= 11 is 1.56. The summed E-state index contributed by atoms with van der Waals surface area (Å²) in [4.78, 5) is 15.6. The number of para-hydroxylation sites is 1. The van der Waals surface area contributed by atoms with E-state index in [0.29, 0.717) is 24.4 Å². The normalized spacial score (nSPS) is 16.6. The molecular formula is C19H20N6OS. The fourth-order valence-electron chi connectivity index (χ4n) is 3.12. The number of hydrogen-bond acceptors (Lipinski definition) is 6. The molecule has 0 bridgehead atoms. The number of aromatic nitrogens is 4. The fourth-order valence-corrected chi connectivity index (χ4v) is 4.07. The van der Waals surface area contributed by atoms with Gasteiger partial charge in [-0.15, -0.1) is 16.9 Å². The molecule has 1 aromatic heterocycles. The highest BCUT2D eigenvalue weighted by Crippen LogP contribution is 2.28. The molecule has 0 saturated carbocycles. The van der Waals surface area contributed by atoms with Gasteiger partial charge in [-0.2, -0.15) is 4.68 Å². The first kappa shape index (κ1) is 17.7. The molecule has 1 saturated heterocycles. The van der Waals surface area contributed by atoms with Crippen LogP contribution < -0.4 is 5.73 Å². The third kappa shape index (κ3) is 3.86. The molecule has 1 atom stereocenters. The first-order valence-corrected chi connectivity index (χ1v) is 9.80. The van der Waals surface area contributed by atoms with Crippen LogP contribution in [0.2, 0.25) is 0 Å². The first-order chi connectivity index (χ1) is 13.2. The first-order valence-electron chi connectivity index (χ1n) is 8.82. The number of amides is 1. The Balaban J connectivity index is 1.52. The average Bonchev–Trinajstić information content (AvgIpc) is 3.36. The highest BCUT2D eigenvalue weighted by Gasteiger charge is 2.26. The quantitative estimate of drug-likeness (QED) is 0.682. The highest BCUT2D eigenvalue weighted by molar-refractivity contribution is 7.98. The van der Waals surface area contributed by atoms with E-state index in [4.69, 9.17) is 5.73 Å². The second kappa shape index (κ2) is 7.89. The van der Waals surface area contributed by atoms with Gasteiger partial charge in [0.2, 0.25) is 0 Å². The van der Waals surface area contributed by atoms with E-state index in [0.717, 1.165) is 22.8 Å². The molecule has 2 aromatic carbocycles. The molecule has 0 radical (unpaired) electrons. The minimum atomic E-state index is 0.0358. The smallest absolute Gasteiger partial charge is 0.255 e. The van der Waals surface area contributed by atoms with Crippen LogP contribution in [0.3, 0.4) is 0 Å². The molecule has 0 aliphatic carbocycles. The van der Waals surface area contributed by atoms with Gasteiger partial charge in [-0.05, 0) is 41.1 Å². The van der Waals surface area contributed by atoms with Crippen molar-refractivity contribution in [2.45, 2.75) is 23.1 Å². The monoisotopic (exact) mass is 380 g/mol. The summed E-state index contributed by atoms with van der Waals surface area (Å²) in [6.45, 7) is 1.33. The van der Waals surface area contributed by atoms with E-state index >= 15 is 0 Å². The van der Waals surface area contributed by atoms with Crippen molar-refractivity contribution in [3.8, 4) is 5.69 Å². The van der Waals surface area contributed by atoms with Crippen molar-refractivity contribution in [2.24, 2.45) is 5.73 Å². The third-order valence-electron chi connectivity index (χ3n) is 4.52. The zero-order valence-electron chi connectivity index (χ0n) is 14.7. The Bertz CT molecular complexity index is 929. The number of thioether (sulfide) groups is 1. The SMILES string of the molecule is N[C@@H]1CCN(C(=O)c2ccccc2SCc2nnnn2-c2ccccc2)C1. The van der Waals surface area contributed by atoms with Gasteiger partial charge in [-0.1, -0.05) is 30.3 Å². The molecule has 0 spiro atoms. The van der Waals surface area contributed by atoms with Crippen molar-refractivity contribution in [2.75, 3.05) is 13.1 Å². The number of nitrogens with two attached hydrogens (primary N) is 1. The molecule has 1 fully saturated rings. The van der Waals surface area contributed by atoms with Gasteiger partial charge >= 0.3 is 0 Å². The predicted octanol–water partition coefficient (Wildman–Crippen LogP) is 2.13. The van der Waals surface area contributed by atoms with Gasteiger partial charge in [0.15, 0.2) is 5.82 Å². The van der Waals surface area contributed by atoms with E-state index in [1.807, 2.05) is 59.5 Å². The fraction of sp³-hybridized carbons (Fsp3) is 0.263. The second-order valence-electron chi connectivity index (χ2n) is 6.43. The molecule has 138 valence electrons. The molecule has 2 N–H and O–H groups in total. The number of carbonyl (C=O) groups is 1. The summed E-state index contributed by atoms with van der Waals surface area (Å²) in [6, 6.07) is 17.5. The van der Waals surface area contributed by atoms with Crippen molar-refractivity contribution < 1.29 is 4.79 Å². The van der Waals surface area contributed by atoms with Gasteiger partial charge in [0.05, 0.1) is 17.0 Å². The number of benzene rings is 2. The van der Waals surface area contributed by atoms with E-state index in [2.05, 4.69) is 15.5 Å². The zero-order chi connectivity index (χ0) is 18.6. The lowest BCUT2D eigenvalue weighted by molar-refractivity contribution is 0.0787. The molecule has 4 rings (SSSR count). The van der Waals surface area contributed by atoms with Gasteiger partial charge in [0.25, 0.3) is 5.91 Å². The van der Waals surface area contributed by atoms with Crippen molar-refractivity contribution >= 4 is 17.7 Å². The number of tetrazole rings is 1. The summed E-state index contributed by atoms with van der Waals surface area (Å²) < 4.78 is 1.72. The Morgan fingerprint density at radius 1 is 1.15 bits per heavy atom. The summed E-state index contributed by atoms with van der Waals surface area (Å²) in [5.74, 6) is 1.33. The molecular weight excluding hydrogens is 360 g/mol. The van der Waals surface area contributed by atoms with Crippen LogP contribution in [0.5, 0.6) is 0 Å². The predicted molar refractivity (Wildman–Crippen MR) is 104 cm³/mol. The molecule has 1 aliphatic rings. The van der Waals surface area contributed by atoms with Gasteiger partial charge in [0, 0.05) is 24.0 Å². The molecule has 7 nitrogen and oxygen atoms in total. The minimum Gasteiger partial charge on any atom is -0.337 e. The van der Waals surface area contributed by atoms with Gasteiger partial charge in [-0.3, -0.25) is 4.79 Å². The van der Waals surface area contributed by atoms with Crippen LogP contribution in [0.15, 0.2) is 59.5 Å². The van der Waals surface area contributed by atoms with Crippen molar-refractivity contribution in [3.05, 3.63) is 66.0 Å². The summed E-state index contributed by atoms with van der Waals surface area (Å²) in [7, 11) is 0. The van der Waals surface area contributed by atoms with Crippen molar-refractivity contribution in [1.82, 2.24) is 25.1 Å². The summed E-state index contributed by atoms with van der Waals surface area (Å²) in [5, 5.41) is 12.0. The lowest BCUT2D eigenvalue weighted by Gasteiger charge is -2.17. The Labute approximate surface area is 161 Å². The Hall–Kier alpha value is -2.71. The average molecular weight is 380 g/mol. The summed E-state index contributed by atoms with van der Waals surface area (Å²) in [5.41, 5.74) is 7.56. The zero-order valence-corrected chi connectivity index (χ0v) is 15.5. The standard InChI is InChI=1S/C19H20N6OS/c20-14-10-11-24(12-14)19(26)16-8-4-5-9-17(16)27-13-18-21-22-23-25(18)15-6-2-1-3-7-15/h1-9,14H,10-13,20H2/t14-/m1/s1. The number of hydrogen-bond donors (Lipinski definition) is 1. The maximum absolute atomic E-state index is 12.9. The topological polar surface area (TPSA) is 89.9 Å². The highest BCUT2D eigenvalue weighted by atomic mass is 32.2. The number of rotatable bonds is 5. The van der Waals surface area contributed by atoms with Crippen molar-refractivity contribution in [1.29, 1.82) is 0 Å². The number of nitrogens with zero attached hydrogens (tertiary/aromatic N) is 5. The van der Waals surface area contributed by atoms with Crippen LogP contribution in [-0.4, -0.2) is 50.1 Å². The largest absolute Gasteiger partial charge is 0.337 e. The number of carbonyl (C=O) groups excluding carboxylic acids is 1. The van der Waals surface area contributed by atoms with Crippen molar-refractivity contribution in [3.63, 3.8) is 0 Å². The maximum atomic E-state index is 12.9. The van der Waals surface area contributed by atoms with Crippen LogP contribution in [0.4, 0.5) is 0 Å². The lowest BCUT2D eigenvalue weighted by atomic mass is 10.2.